The van der Waals surface area contributed by atoms with Gasteiger partial charge in [0.05, 0.1) is 5.41 Å². The third-order valence-electron chi connectivity index (χ3n) is 11.9. The number of hydrogen-bond donors (Lipinski definition) is 0. The number of anilines is 3. The summed E-state index contributed by atoms with van der Waals surface area (Å²) >= 11 is 1.88. The molecule has 246 valence electrons. The van der Waals surface area contributed by atoms with E-state index >= 15 is 0 Å². The Kier molecular flexibility index (Phi) is 6.26. The van der Waals surface area contributed by atoms with E-state index in [0.717, 1.165) is 5.69 Å². The number of thiophene rings is 1. The molecule has 0 N–H and O–H groups in total. The Morgan fingerprint density at radius 1 is 0.442 bits per heavy atom. The molecule has 2 heterocycles. The van der Waals surface area contributed by atoms with Gasteiger partial charge in [-0.3, -0.25) is 0 Å². The molecule has 1 aliphatic carbocycles. The van der Waals surface area contributed by atoms with Gasteiger partial charge in [0.2, 0.25) is 0 Å². The summed E-state index contributed by atoms with van der Waals surface area (Å²) in [5, 5.41) is 8.34. The zero-order valence-corrected chi connectivity index (χ0v) is 30.9. The lowest BCUT2D eigenvalue weighted by Crippen LogP contribution is -2.63. The van der Waals surface area contributed by atoms with Crippen LogP contribution in [0.15, 0.2) is 176 Å². The van der Waals surface area contributed by atoms with Crippen molar-refractivity contribution in [1.29, 1.82) is 0 Å². The first kappa shape index (κ1) is 29.9. The Balaban J connectivity index is 1.22. The molecule has 9 aromatic rings. The number of fused-ring (bicyclic) bond motifs is 11. The van der Waals surface area contributed by atoms with E-state index in [1.54, 1.807) is 0 Å². The van der Waals surface area contributed by atoms with Crippen LogP contribution in [0.1, 0.15) is 22.3 Å². The molecule has 0 saturated heterocycles. The van der Waals surface area contributed by atoms with Gasteiger partial charge >= 0.3 is 0 Å². The second-order valence-electron chi connectivity index (χ2n) is 14.9. The Hall–Kier alpha value is -5.74. The summed E-state index contributed by atoms with van der Waals surface area (Å²) in [6.07, 6.45) is 0. The Morgan fingerprint density at radius 2 is 1.08 bits per heavy atom. The highest BCUT2D eigenvalue weighted by Gasteiger charge is 2.52. The SMILES string of the molecule is C[Si]1(C)c2ccccc2C2(c3ccccc3-c3cccc4cccc2c34)c2ccc(N(c3ccccc3)c3ccc4c(c3)sc3ccccc34)cc21. The number of nitrogens with zero attached hydrogens (tertiary/aromatic N) is 1. The predicted molar refractivity (Wildman–Crippen MR) is 226 cm³/mol. The third kappa shape index (κ3) is 3.92. The summed E-state index contributed by atoms with van der Waals surface area (Å²) in [6.45, 7) is 5.11. The van der Waals surface area contributed by atoms with E-state index in [0.29, 0.717) is 0 Å². The molecule has 1 aromatic heterocycles. The van der Waals surface area contributed by atoms with Crippen molar-refractivity contribution in [3.05, 3.63) is 198 Å². The van der Waals surface area contributed by atoms with E-state index in [9.17, 15) is 0 Å². The van der Waals surface area contributed by atoms with Gasteiger partial charge in [0, 0.05) is 37.2 Å². The van der Waals surface area contributed by atoms with E-state index in [1.807, 2.05) is 11.3 Å². The number of hydrogen-bond acceptors (Lipinski definition) is 2. The average Bonchev–Trinajstić information content (AvgIpc) is 3.57. The highest BCUT2D eigenvalue weighted by atomic mass is 32.1. The van der Waals surface area contributed by atoms with Crippen LogP contribution in [-0.4, -0.2) is 8.07 Å². The topological polar surface area (TPSA) is 3.24 Å². The summed E-state index contributed by atoms with van der Waals surface area (Å²) in [7, 11) is -2.21. The smallest absolute Gasteiger partial charge is 0.113 e. The number of para-hydroxylation sites is 1. The molecule has 52 heavy (non-hydrogen) atoms. The average molecular weight is 698 g/mol. The fraction of sp³-hybridized carbons (Fsp3) is 0.0612. The minimum absolute atomic E-state index is 0.439. The quantitative estimate of drug-likeness (QED) is 0.166. The van der Waals surface area contributed by atoms with Crippen molar-refractivity contribution in [2.75, 3.05) is 4.90 Å². The van der Waals surface area contributed by atoms with Gasteiger partial charge in [0.25, 0.3) is 0 Å². The minimum atomic E-state index is -2.21. The van der Waals surface area contributed by atoms with Gasteiger partial charge in [0.15, 0.2) is 0 Å². The molecule has 1 nitrogen and oxygen atoms in total. The third-order valence-corrected chi connectivity index (χ3v) is 16.6. The van der Waals surface area contributed by atoms with Crippen LogP contribution in [0.4, 0.5) is 17.1 Å². The van der Waals surface area contributed by atoms with Crippen LogP contribution in [-0.2, 0) is 5.41 Å². The Bertz CT molecular complexity index is 2900. The van der Waals surface area contributed by atoms with Crippen molar-refractivity contribution in [2.45, 2.75) is 18.5 Å². The molecule has 1 unspecified atom stereocenters. The van der Waals surface area contributed by atoms with E-state index in [-0.39, 0.29) is 0 Å². The van der Waals surface area contributed by atoms with Gasteiger partial charge < -0.3 is 4.90 Å². The molecule has 1 atom stereocenters. The first-order valence-corrected chi connectivity index (χ1v) is 22.0. The van der Waals surface area contributed by atoms with Gasteiger partial charge in [0.1, 0.15) is 8.07 Å². The van der Waals surface area contributed by atoms with E-state index < -0.39 is 13.5 Å². The number of rotatable bonds is 3. The number of benzene rings is 8. The largest absolute Gasteiger partial charge is 0.310 e. The van der Waals surface area contributed by atoms with Crippen molar-refractivity contribution in [3.8, 4) is 11.1 Å². The fourth-order valence-electron chi connectivity index (χ4n) is 9.69. The van der Waals surface area contributed by atoms with Gasteiger partial charge in [-0.15, -0.1) is 11.3 Å². The van der Waals surface area contributed by atoms with E-state index in [1.165, 1.54) is 86.1 Å². The summed E-state index contributed by atoms with van der Waals surface area (Å²) in [4.78, 5) is 2.46. The molecule has 2 aliphatic rings. The second-order valence-corrected chi connectivity index (χ2v) is 20.3. The molecule has 8 aromatic carbocycles. The zero-order valence-electron chi connectivity index (χ0n) is 29.1. The predicted octanol–water partition coefficient (Wildman–Crippen LogP) is 12.2. The standard InChI is InChI=1S/C49H35NSSi/c1-52(2)46-25-11-9-22-41(46)49(40-21-8-6-18-36(40)39-20-12-14-32-15-13-23-43(49)48(32)39)42-29-27-35(31-47(42)52)50(33-16-4-3-5-17-33)34-26-28-38-37-19-7-10-24-44(37)51-45(38)30-34/h3-31H,1-2H3. The second kappa shape index (κ2) is 10.9. The lowest BCUT2D eigenvalue weighted by Gasteiger charge is -2.50. The van der Waals surface area contributed by atoms with Gasteiger partial charge in [-0.2, -0.15) is 0 Å². The summed E-state index contributed by atoms with van der Waals surface area (Å²) in [5.74, 6) is 0. The summed E-state index contributed by atoms with van der Waals surface area (Å²) < 4.78 is 2.64. The maximum atomic E-state index is 2.56. The van der Waals surface area contributed by atoms with E-state index in [4.69, 9.17) is 0 Å². The van der Waals surface area contributed by atoms with Crippen LogP contribution in [0.3, 0.4) is 0 Å². The van der Waals surface area contributed by atoms with Crippen LogP contribution in [0, 0.1) is 0 Å². The Labute approximate surface area is 309 Å². The van der Waals surface area contributed by atoms with Crippen LogP contribution in [0.5, 0.6) is 0 Å². The molecular weight excluding hydrogens is 663 g/mol. The van der Waals surface area contributed by atoms with Crippen molar-refractivity contribution in [2.24, 2.45) is 0 Å². The molecule has 1 aliphatic heterocycles. The molecule has 1 spiro atoms. The molecule has 0 fully saturated rings. The molecule has 11 rings (SSSR count). The van der Waals surface area contributed by atoms with Crippen molar-refractivity contribution in [3.63, 3.8) is 0 Å². The lowest BCUT2D eigenvalue weighted by atomic mass is 9.59. The van der Waals surface area contributed by atoms with Crippen molar-refractivity contribution < 1.29 is 0 Å². The Morgan fingerprint density at radius 3 is 1.96 bits per heavy atom. The molecule has 0 amide bonds. The molecule has 3 heteroatoms. The highest BCUT2D eigenvalue weighted by molar-refractivity contribution is 7.25. The van der Waals surface area contributed by atoms with Crippen LogP contribution in [0.25, 0.3) is 42.1 Å². The van der Waals surface area contributed by atoms with Crippen LogP contribution >= 0.6 is 11.3 Å². The zero-order chi connectivity index (χ0) is 34.6. The molecule has 0 bridgehead atoms. The van der Waals surface area contributed by atoms with Crippen molar-refractivity contribution in [1.82, 2.24) is 0 Å². The molecule has 0 radical (unpaired) electrons. The fourth-order valence-corrected chi connectivity index (χ4v) is 14.0. The van der Waals surface area contributed by atoms with Crippen LogP contribution < -0.4 is 15.3 Å². The van der Waals surface area contributed by atoms with Gasteiger partial charge in [-0.05, 0) is 97.0 Å². The van der Waals surface area contributed by atoms with Gasteiger partial charge in [-0.25, -0.2) is 0 Å². The van der Waals surface area contributed by atoms with Crippen molar-refractivity contribution >= 4 is 77.8 Å². The minimum Gasteiger partial charge on any atom is -0.310 e. The summed E-state index contributed by atoms with van der Waals surface area (Å²) in [6, 6.07) is 66.5. The first-order chi connectivity index (χ1) is 25.5. The maximum Gasteiger partial charge on any atom is 0.113 e. The molecular formula is C49H35NSSi. The van der Waals surface area contributed by atoms with E-state index in [2.05, 4.69) is 194 Å². The summed E-state index contributed by atoms with van der Waals surface area (Å²) in [5.41, 5.74) is 11.4. The normalized spacial score (nSPS) is 16.5. The highest BCUT2D eigenvalue weighted by Crippen LogP contribution is 2.56. The monoisotopic (exact) mass is 697 g/mol. The first-order valence-electron chi connectivity index (χ1n) is 18.2. The van der Waals surface area contributed by atoms with Gasteiger partial charge in [-0.1, -0.05) is 147 Å². The van der Waals surface area contributed by atoms with Crippen LogP contribution in [0.2, 0.25) is 13.1 Å². The molecule has 0 saturated carbocycles. The maximum absolute atomic E-state index is 2.56. The lowest BCUT2D eigenvalue weighted by molar-refractivity contribution is 0.754.